The van der Waals surface area contributed by atoms with E-state index >= 15 is 0 Å². The van der Waals surface area contributed by atoms with Gasteiger partial charge in [0.1, 0.15) is 23.3 Å². The molecule has 2 amide bonds. The largest absolute Gasteiger partial charge is 0.351 e. The van der Waals surface area contributed by atoms with Gasteiger partial charge in [-0.2, -0.15) is 5.26 Å². The second kappa shape index (κ2) is 9.71. The molecule has 9 heteroatoms. The van der Waals surface area contributed by atoms with E-state index in [-0.39, 0.29) is 22.1 Å². The molecule has 0 radical (unpaired) electrons. The summed E-state index contributed by atoms with van der Waals surface area (Å²) in [5, 5.41) is 13.5. The van der Waals surface area contributed by atoms with Gasteiger partial charge in [0.2, 0.25) is 5.91 Å². The summed E-state index contributed by atoms with van der Waals surface area (Å²) >= 11 is 1.03. The van der Waals surface area contributed by atoms with Gasteiger partial charge in [0.05, 0.1) is 11.4 Å². The fourth-order valence-corrected chi connectivity index (χ4v) is 3.12. The van der Waals surface area contributed by atoms with Crippen molar-refractivity contribution in [2.75, 3.05) is 11.4 Å². The van der Waals surface area contributed by atoms with Gasteiger partial charge < -0.3 is 5.32 Å². The summed E-state index contributed by atoms with van der Waals surface area (Å²) in [6.45, 7) is 3.66. The van der Waals surface area contributed by atoms with Crippen molar-refractivity contribution in [3.05, 3.63) is 46.5 Å². The first kappa shape index (κ1) is 21.2. The molecule has 0 fully saturated rings. The Kier molecular flexibility index (Phi) is 7.35. The Balaban J connectivity index is 2.30. The highest BCUT2D eigenvalue weighted by Crippen LogP contribution is 2.31. The minimum absolute atomic E-state index is 0.129. The van der Waals surface area contributed by atoms with Crippen LogP contribution < -0.4 is 10.2 Å². The molecule has 0 aliphatic rings. The van der Waals surface area contributed by atoms with Crippen LogP contribution in [0.25, 0.3) is 6.08 Å². The van der Waals surface area contributed by atoms with Crippen LogP contribution in [0.15, 0.2) is 29.2 Å². The van der Waals surface area contributed by atoms with Crippen molar-refractivity contribution in [2.45, 2.75) is 26.7 Å². The molecule has 0 aliphatic carbocycles. The first-order valence-electron chi connectivity index (χ1n) is 8.48. The van der Waals surface area contributed by atoms with Gasteiger partial charge in [-0.05, 0) is 24.6 Å². The third-order valence-corrected chi connectivity index (χ3v) is 4.48. The van der Waals surface area contributed by atoms with E-state index in [1.54, 1.807) is 0 Å². The van der Waals surface area contributed by atoms with Crippen molar-refractivity contribution in [2.24, 2.45) is 0 Å². The summed E-state index contributed by atoms with van der Waals surface area (Å²) in [7, 11) is 0. The highest BCUT2D eigenvalue weighted by molar-refractivity contribution is 7.14. The second-order valence-electron chi connectivity index (χ2n) is 5.78. The molecular weight excluding hydrogens is 386 g/mol. The molecule has 1 N–H and O–H groups in total. The topological polar surface area (TPSA) is 86.1 Å². The SMILES string of the molecule is CCCCNC(=O)/C(C#N)=C/c1csc(N(C(C)=O)c2ccc(F)cc2F)n1. The number of rotatable bonds is 7. The van der Waals surface area contributed by atoms with Gasteiger partial charge in [0, 0.05) is 24.9 Å². The molecule has 2 rings (SSSR count). The number of nitriles is 1. The van der Waals surface area contributed by atoms with Crippen LogP contribution in [-0.4, -0.2) is 23.3 Å². The lowest BCUT2D eigenvalue weighted by Gasteiger charge is -2.18. The number of amides is 2. The average molecular weight is 404 g/mol. The second-order valence-corrected chi connectivity index (χ2v) is 6.62. The molecule has 0 atom stereocenters. The van der Waals surface area contributed by atoms with Crippen molar-refractivity contribution in [3.8, 4) is 6.07 Å². The van der Waals surface area contributed by atoms with Crippen LogP contribution in [0.4, 0.5) is 19.6 Å². The van der Waals surface area contributed by atoms with Crippen LogP contribution in [0.5, 0.6) is 0 Å². The molecule has 1 aromatic carbocycles. The Labute approximate surface area is 165 Å². The number of unbranched alkanes of at least 4 members (excludes halogenated alkanes) is 1. The van der Waals surface area contributed by atoms with Crippen LogP contribution in [-0.2, 0) is 9.59 Å². The standard InChI is InChI=1S/C19H18F2N4O2S/c1-3-4-7-23-18(27)13(10-22)8-15-11-28-19(24-15)25(12(2)26)17-6-5-14(20)9-16(17)21/h5-6,8-9,11H,3-4,7H2,1-2H3,(H,23,27)/b13-8+. The predicted octanol–water partition coefficient (Wildman–Crippen LogP) is 3.93. The number of benzene rings is 1. The fraction of sp³-hybridized carbons (Fsp3) is 0.263. The molecule has 0 saturated carbocycles. The molecule has 146 valence electrons. The number of anilines is 2. The Morgan fingerprint density at radius 3 is 2.75 bits per heavy atom. The molecule has 6 nitrogen and oxygen atoms in total. The Bertz CT molecular complexity index is 950. The van der Waals surface area contributed by atoms with E-state index in [1.165, 1.54) is 18.4 Å². The van der Waals surface area contributed by atoms with Gasteiger partial charge in [-0.15, -0.1) is 11.3 Å². The van der Waals surface area contributed by atoms with Crippen LogP contribution in [0.1, 0.15) is 32.4 Å². The molecule has 0 bridgehead atoms. The number of halogens is 2. The first-order chi connectivity index (χ1) is 13.4. The third-order valence-electron chi connectivity index (χ3n) is 3.64. The molecule has 1 aromatic heterocycles. The lowest BCUT2D eigenvalue weighted by atomic mass is 10.2. The Morgan fingerprint density at radius 2 is 2.14 bits per heavy atom. The highest BCUT2D eigenvalue weighted by atomic mass is 32.1. The zero-order valence-corrected chi connectivity index (χ0v) is 16.1. The molecule has 0 spiro atoms. The molecule has 28 heavy (non-hydrogen) atoms. The van der Waals surface area contributed by atoms with E-state index in [4.69, 9.17) is 0 Å². The van der Waals surface area contributed by atoms with E-state index < -0.39 is 23.4 Å². The monoisotopic (exact) mass is 404 g/mol. The van der Waals surface area contributed by atoms with Crippen LogP contribution >= 0.6 is 11.3 Å². The number of carbonyl (C=O) groups excluding carboxylic acids is 2. The molecule has 0 saturated heterocycles. The van der Waals surface area contributed by atoms with Crippen LogP contribution in [0, 0.1) is 23.0 Å². The zero-order chi connectivity index (χ0) is 20.7. The summed E-state index contributed by atoms with van der Waals surface area (Å²) in [5.41, 5.74) is 0.00264. The number of hydrogen-bond donors (Lipinski definition) is 1. The summed E-state index contributed by atoms with van der Waals surface area (Å²) in [5.74, 6) is -2.71. The zero-order valence-electron chi connectivity index (χ0n) is 15.3. The maximum atomic E-state index is 14.1. The third kappa shape index (κ3) is 5.20. The predicted molar refractivity (Wildman–Crippen MR) is 103 cm³/mol. The Morgan fingerprint density at radius 1 is 1.39 bits per heavy atom. The maximum Gasteiger partial charge on any atom is 0.262 e. The molecule has 2 aromatic rings. The van der Waals surface area contributed by atoms with Gasteiger partial charge in [-0.3, -0.25) is 14.5 Å². The van der Waals surface area contributed by atoms with E-state index in [9.17, 15) is 23.6 Å². The quantitative estimate of drug-likeness (QED) is 0.430. The van der Waals surface area contributed by atoms with Gasteiger partial charge in [-0.25, -0.2) is 13.8 Å². The van der Waals surface area contributed by atoms with Crippen molar-refractivity contribution < 1.29 is 18.4 Å². The maximum absolute atomic E-state index is 14.1. The Hall–Kier alpha value is -3.12. The number of carbonyl (C=O) groups is 2. The highest BCUT2D eigenvalue weighted by Gasteiger charge is 2.21. The molecule has 0 aliphatic heterocycles. The number of hydrogen-bond acceptors (Lipinski definition) is 5. The van der Waals surface area contributed by atoms with Gasteiger partial charge >= 0.3 is 0 Å². The first-order valence-corrected chi connectivity index (χ1v) is 9.36. The molecule has 1 heterocycles. The molecular formula is C19H18F2N4O2S. The van der Waals surface area contributed by atoms with Gasteiger partial charge in [0.25, 0.3) is 5.91 Å². The normalized spacial score (nSPS) is 11.0. The number of thiazole rings is 1. The van der Waals surface area contributed by atoms with E-state index in [0.717, 1.165) is 41.2 Å². The van der Waals surface area contributed by atoms with Gasteiger partial charge in [0.15, 0.2) is 5.13 Å². The number of aromatic nitrogens is 1. The lowest BCUT2D eigenvalue weighted by molar-refractivity contribution is -0.117. The van der Waals surface area contributed by atoms with Crippen molar-refractivity contribution >= 4 is 40.0 Å². The van der Waals surface area contributed by atoms with Gasteiger partial charge in [-0.1, -0.05) is 13.3 Å². The summed E-state index contributed by atoms with van der Waals surface area (Å²) in [4.78, 5) is 29.2. The van der Waals surface area contributed by atoms with E-state index in [2.05, 4.69) is 10.3 Å². The summed E-state index contributed by atoms with van der Waals surface area (Å²) in [6.07, 6.45) is 2.99. The number of nitrogens with zero attached hydrogens (tertiary/aromatic N) is 3. The lowest BCUT2D eigenvalue weighted by Crippen LogP contribution is -2.25. The van der Waals surface area contributed by atoms with E-state index in [0.29, 0.717) is 12.6 Å². The summed E-state index contributed by atoms with van der Waals surface area (Å²) in [6, 6.07) is 4.67. The van der Waals surface area contributed by atoms with Crippen LogP contribution in [0.3, 0.4) is 0 Å². The fourth-order valence-electron chi connectivity index (χ4n) is 2.29. The molecule has 0 unspecified atom stereocenters. The minimum atomic E-state index is -0.907. The average Bonchev–Trinajstić information content (AvgIpc) is 3.09. The van der Waals surface area contributed by atoms with Crippen molar-refractivity contribution in [3.63, 3.8) is 0 Å². The smallest absolute Gasteiger partial charge is 0.262 e. The van der Waals surface area contributed by atoms with Crippen molar-refractivity contribution in [1.82, 2.24) is 10.3 Å². The number of nitrogens with one attached hydrogen (secondary N) is 1. The van der Waals surface area contributed by atoms with E-state index in [1.807, 2.05) is 13.0 Å². The van der Waals surface area contributed by atoms with Crippen molar-refractivity contribution in [1.29, 1.82) is 5.26 Å². The van der Waals surface area contributed by atoms with Crippen LogP contribution in [0.2, 0.25) is 0 Å². The minimum Gasteiger partial charge on any atom is -0.351 e. The summed E-state index contributed by atoms with van der Waals surface area (Å²) < 4.78 is 27.3.